The van der Waals surface area contributed by atoms with Gasteiger partial charge in [0.05, 0.1) is 11.2 Å². The van der Waals surface area contributed by atoms with Gasteiger partial charge in [-0.1, -0.05) is 12.1 Å². The first-order chi connectivity index (χ1) is 7.62. The van der Waals surface area contributed by atoms with Crippen molar-refractivity contribution in [1.29, 1.82) is 0 Å². The van der Waals surface area contributed by atoms with Crippen molar-refractivity contribution in [2.75, 3.05) is 11.9 Å². The number of hydrogen-bond donors (Lipinski definition) is 2. The van der Waals surface area contributed by atoms with Crippen molar-refractivity contribution in [3.8, 4) is 0 Å². The Labute approximate surface area is 104 Å². The fourth-order valence-electron chi connectivity index (χ4n) is 1.91. The zero-order valence-corrected chi connectivity index (χ0v) is 10.8. The molecule has 0 saturated carbocycles. The van der Waals surface area contributed by atoms with Gasteiger partial charge in [-0.2, -0.15) is 0 Å². The molecule has 0 radical (unpaired) electrons. The van der Waals surface area contributed by atoms with Crippen LogP contribution in [0.1, 0.15) is 19.8 Å². The number of nitrogens with one attached hydrogen (secondary N) is 2. The van der Waals surface area contributed by atoms with E-state index in [2.05, 4.69) is 26.6 Å². The second-order valence-corrected chi connectivity index (χ2v) is 5.15. The van der Waals surface area contributed by atoms with Crippen molar-refractivity contribution >= 4 is 27.5 Å². The van der Waals surface area contributed by atoms with Gasteiger partial charge in [0.1, 0.15) is 0 Å². The van der Waals surface area contributed by atoms with Gasteiger partial charge >= 0.3 is 0 Å². The Morgan fingerprint density at radius 3 is 2.88 bits per heavy atom. The van der Waals surface area contributed by atoms with Crippen LogP contribution in [0.3, 0.4) is 0 Å². The van der Waals surface area contributed by atoms with Gasteiger partial charge < -0.3 is 10.6 Å². The smallest absolute Gasteiger partial charge is 0.244 e. The second kappa shape index (κ2) is 4.55. The van der Waals surface area contributed by atoms with Crippen LogP contribution in [0.4, 0.5) is 5.69 Å². The van der Waals surface area contributed by atoms with E-state index in [4.69, 9.17) is 0 Å². The molecule has 4 heteroatoms. The first kappa shape index (κ1) is 11.6. The van der Waals surface area contributed by atoms with Crippen LogP contribution >= 0.6 is 15.9 Å². The van der Waals surface area contributed by atoms with E-state index in [1.807, 2.05) is 31.2 Å². The summed E-state index contributed by atoms with van der Waals surface area (Å²) in [5.74, 6) is 0.0388. The largest absolute Gasteiger partial charge is 0.323 e. The maximum Gasteiger partial charge on any atom is 0.244 e. The van der Waals surface area contributed by atoms with E-state index in [9.17, 15) is 4.79 Å². The molecule has 1 saturated heterocycles. The van der Waals surface area contributed by atoms with Gasteiger partial charge in [-0.25, -0.2) is 0 Å². The summed E-state index contributed by atoms with van der Waals surface area (Å²) in [7, 11) is 0. The number of amides is 1. The van der Waals surface area contributed by atoms with E-state index >= 15 is 0 Å². The average Bonchev–Trinajstić information content (AvgIpc) is 2.70. The first-order valence-corrected chi connectivity index (χ1v) is 6.22. The molecular formula is C12H15BrN2O. The van der Waals surface area contributed by atoms with Crippen molar-refractivity contribution in [3.05, 3.63) is 28.7 Å². The minimum absolute atomic E-state index is 0.0388. The predicted molar refractivity (Wildman–Crippen MR) is 68.4 cm³/mol. The third kappa shape index (κ3) is 2.28. The van der Waals surface area contributed by atoms with Crippen molar-refractivity contribution < 1.29 is 4.79 Å². The molecule has 1 amide bonds. The molecule has 1 fully saturated rings. The summed E-state index contributed by atoms with van der Waals surface area (Å²) < 4.78 is 0.907. The molecule has 1 unspecified atom stereocenters. The van der Waals surface area contributed by atoms with Crippen LogP contribution in [-0.4, -0.2) is 18.0 Å². The highest BCUT2D eigenvalue weighted by Crippen LogP contribution is 2.25. The summed E-state index contributed by atoms with van der Waals surface area (Å²) in [5, 5.41) is 6.19. The molecule has 0 spiro atoms. The molecule has 86 valence electrons. The van der Waals surface area contributed by atoms with Gasteiger partial charge in [0.15, 0.2) is 0 Å². The van der Waals surface area contributed by atoms with Crippen LogP contribution in [0.15, 0.2) is 28.7 Å². The molecule has 1 heterocycles. The third-order valence-corrected chi connectivity index (χ3v) is 3.68. The number of rotatable bonds is 2. The lowest BCUT2D eigenvalue weighted by Gasteiger charge is -2.23. The summed E-state index contributed by atoms with van der Waals surface area (Å²) in [4.78, 5) is 12.1. The molecule has 3 nitrogen and oxygen atoms in total. The lowest BCUT2D eigenvalue weighted by Crippen LogP contribution is -2.48. The zero-order chi connectivity index (χ0) is 11.6. The molecule has 1 aromatic rings. The Morgan fingerprint density at radius 2 is 2.25 bits per heavy atom. The number of carbonyl (C=O) groups is 1. The summed E-state index contributed by atoms with van der Waals surface area (Å²) >= 11 is 3.42. The van der Waals surface area contributed by atoms with Crippen LogP contribution in [0.5, 0.6) is 0 Å². The van der Waals surface area contributed by atoms with E-state index in [-0.39, 0.29) is 5.91 Å². The third-order valence-electron chi connectivity index (χ3n) is 2.99. The molecule has 2 N–H and O–H groups in total. The summed E-state index contributed by atoms with van der Waals surface area (Å²) in [6.07, 6.45) is 1.95. The molecule has 1 aliphatic heterocycles. The zero-order valence-electron chi connectivity index (χ0n) is 9.22. The predicted octanol–water partition coefficient (Wildman–Crippen LogP) is 2.53. The van der Waals surface area contributed by atoms with Gasteiger partial charge in [-0.15, -0.1) is 0 Å². The SMILES string of the molecule is CC1(C(=O)Nc2ccccc2Br)CCCN1. The highest BCUT2D eigenvalue weighted by Gasteiger charge is 2.35. The number of para-hydroxylation sites is 1. The van der Waals surface area contributed by atoms with Crippen molar-refractivity contribution in [2.45, 2.75) is 25.3 Å². The van der Waals surface area contributed by atoms with E-state index in [0.717, 1.165) is 29.5 Å². The Balaban J connectivity index is 2.10. The monoisotopic (exact) mass is 282 g/mol. The fraction of sp³-hybridized carbons (Fsp3) is 0.417. The summed E-state index contributed by atoms with van der Waals surface area (Å²) in [6, 6.07) is 7.64. The molecule has 2 rings (SSSR count). The number of hydrogen-bond acceptors (Lipinski definition) is 2. The van der Waals surface area contributed by atoms with Gasteiger partial charge in [-0.3, -0.25) is 4.79 Å². The molecule has 1 aromatic carbocycles. The number of halogens is 1. The number of carbonyl (C=O) groups excluding carboxylic acids is 1. The van der Waals surface area contributed by atoms with Crippen molar-refractivity contribution in [1.82, 2.24) is 5.32 Å². The van der Waals surface area contributed by atoms with Gasteiger partial charge in [-0.05, 0) is 54.4 Å². The Hall–Kier alpha value is -0.870. The maximum absolute atomic E-state index is 12.1. The quantitative estimate of drug-likeness (QED) is 0.875. The average molecular weight is 283 g/mol. The van der Waals surface area contributed by atoms with E-state index in [1.165, 1.54) is 0 Å². The minimum atomic E-state index is -0.421. The van der Waals surface area contributed by atoms with Gasteiger partial charge in [0, 0.05) is 4.47 Å². The standard InChI is InChI=1S/C12H15BrN2O/c1-12(7-4-8-14-12)11(16)15-10-6-3-2-5-9(10)13/h2-3,5-6,14H,4,7-8H2,1H3,(H,15,16). The van der Waals surface area contributed by atoms with Gasteiger partial charge in [0.2, 0.25) is 5.91 Å². The fourth-order valence-corrected chi connectivity index (χ4v) is 2.30. The summed E-state index contributed by atoms with van der Waals surface area (Å²) in [6.45, 7) is 2.87. The van der Waals surface area contributed by atoms with Crippen molar-refractivity contribution in [2.24, 2.45) is 0 Å². The highest BCUT2D eigenvalue weighted by molar-refractivity contribution is 9.10. The van der Waals surface area contributed by atoms with Crippen LogP contribution in [-0.2, 0) is 4.79 Å². The molecule has 1 atom stereocenters. The topological polar surface area (TPSA) is 41.1 Å². The second-order valence-electron chi connectivity index (χ2n) is 4.30. The van der Waals surface area contributed by atoms with Crippen LogP contribution in [0, 0.1) is 0 Å². The maximum atomic E-state index is 12.1. The minimum Gasteiger partial charge on any atom is -0.323 e. The Morgan fingerprint density at radius 1 is 1.50 bits per heavy atom. The number of anilines is 1. The molecule has 0 aliphatic carbocycles. The molecule has 16 heavy (non-hydrogen) atoms. The molecular weight excluding hydrogens is 268 g/mol. The highest BCUT2D eigenvalue weighted by atomic mass is 79.9. The van der Waals surface area contributed by atoms with Crippen LogP contribution in [0.25, 0.3) is 0 Å². The van der Waals surface area contributed by atoms with Crippen LogP contribution < -0.4 is 10.6 Å². The van der Waals surface area contributed by atoms with Crippen LogP contribution in [0.2, 0.25) is 0 Å². The number of benzene rings is 1. The van der Waals surface area contributed by atoms with E-state index in [1.54, 1.807) is 0 Å². The van der Waals surface area contributed by atoms with E-state index < -0.39 is 5.54 Å². The lowest BCUT2D eigenvalue weighted by atomic mass is 9.99. The summed E-state index contributed by atoms with van der Waals surface area (Å²) in [5.41, 5.74) is 0.400. The first-order valence-electron chi connectivity index (χ1n) is 5.43. The Kier molecular flexibility index (Phi) is 3.30. The molecule has 0 bridgehead atoms. The molecule has 0 aromatic heterocycles. The van der Waals surface area contributed by atoms with E-state index in [0.29, 0.717) is 0 Å². The lowest BCUT2D eigenvalue weighted by molar-refractivity contribution is -0.121. The van der Waals surface area contributed by atoms with Crippen molar-refractivity contribution in [3.63, 3.8) is 0 Å². The van der Waals surface area contributed by atoms with Gasteiger partial charge in [0.25, 0.3) is 0 Å². The molecule has 1 aliphatic rings. The Bertz CT molecular complexity index is 400. The normalized spacial score (nSPS) is 24.4.